The summed E-state index contributed by atoms with van der Waals surface area (Å²) in [6.45, 7) is 0. The van der Waals surface area contributed by atoms with Crippen LogP contribution >= 0.6 is 34.8 Å². The molecule has 1 aromatic rings. The Morgan fingerprint density at radius 2 is 1.91 bits per heavy atom. The van der Waals surface area contributed by atoms with Gasteiger partial charge in [0, 0.05) is 15.9 Å². The van der Waals surface area contributed by atoms with Crippen LogP contribution in [0.2, 0.25) is 10.0 Å². The van der Waals surface area contributed by atoms with Gasteiger partial charge in [-0.2, -0.15) is 0 Å². The van der Waals surface area contributed by atoms with E-state index in [1.165, 1.54) is 0 Å². The van der Waals surface area contributed by atoms with Gasteiger partial charge >= 0.3 is 23.1 Å². The molecule has 0 heterocycles. The van der Waals surface area contributed by atoms with Gasteiger partial charge in [-0.3, -0.25) is 0 Å². The van der Waals surface area contributed by atoms with E-state index in [4.69, 9.17) is 34.8 Å². The van der Waals surface area contributed by atoms with Gasteiger partial charge in [0.25, 0.3) is 0 Å². The first kappa shape index (κ1) is 11.9. The van der Waals surface area contributed by atoms with Crippen LogP contribution < -0.4 is 0 Å². The fraction of sp³-hybridized carbons (Fsp3) is 0.143. The first-order valence-corrected chi connectivity index (χ1v) is 4.03. The van der Waals surface area contributed by atoms with Crippen molar-refractivity contribution >= 4 is 57.9 Å². The number of rotatable bonds is 1. The Morgan fingerprint density at radius 3 is 2.36 bits per heavy atom. The molecule has 0 atom stereocenters. The summed E-state index contributed by atoms with van der Waals surface area (Å²) in [5.74, 6) is 0.427. The molecule has 0 saturated heterocycles. The van der Waals surface area contributed by atoms with Crippen LogP contribution in [0.1, 0.15) is 8.42 Å². The topological polar surface area (TPSA) is 0 Å². The Bertz CT molecular complexity index is 245. The molecule has 0 radical (unpaired) electrons. The van der Waals surface area contributed by atoms with Crippen LogP contribution in [-0.2, 0) is 5.88 Å². The summed E-state index contributed by atoms with van der Waals surface area (Å²) in [6.07, 6.45) is 0. The van der Waals surface area contributed by atoms with Crippen molar-refractivity contribution in [1.82, 2.24) is 0 Å². The van der Waals surface area contributed by atoms with Crippen LogP contribution in [0, 0.1) is 0 Å². The van der Waals surface area contributed by atoms with Crippen molar-refractivity contribution in [3.05, 3.63) is 33.8 Å². The molecule has 0 spiro atoms. The van der Waals surface area contributed by atoms with E-state index >= 15 is 0 Å². The van der Waals surface area contributed by atoms with E-state index in [2.05, 4.69) is 0 Å². The van der Waals surface area contributed by atoms with Crippen LogP contribution in [0.25, 0.3) is 0 Å². The van der Waals surface area contributed by atoms with Crippen molar-refractivity contribution in [3.8, 4) is 0 Å². The van der Waals surface area contributed by atoms with Gasteiger partial charge in [-0.1, -0.05) is 29.3 Å². The quantitative estimate of drug-likeness (QED) is 0.503. The summed E-state index contributed by atoms with van der Waals surface area (Å²) in [4.78, 5) is 0. The monoisotopic (exact) mass is 220 g/mol. The molecule has 0 aliphatic carbocycles. The molecule has 0 bridgehead atoms. The third-order valence-corrected chi connectivity index (χ3v) is 2.03. The van der Waals surface area contributed by atoms with Crippen LogP contribution in [-0.4, -0.2) is 23.1 Å². The van der Waals surface area contributed by atoms with Crippen molar-refractivity contribution in [2.45, 2.75) is 5.88 Å². The number of halogens is 3. The summed E-state index contributed by atoms with van der Waals surface area (Å²) >= 11 is 17.0. The molecule has 11 heavy (non-hydrogen) atoms. The molecule has 4 heteroatoms. The molecule has 0 aliphatic rings. The van der Waals surface area contributed by atoms with Gasteiger partial charge in [-0.05, 0) is 17.7 Å². The fourth-order valence-electron chi connectivity index (χ4n) is 0.630. The molecule has 0 aliphatic heterocycles. The average molecular weight is 222 g/mol. The third-order valence-electron chi connectivity index (χ3n) is 1.16. The minimum Gasteiger partial charge on any atom is -1.00 e. The summed E-state index contributed by atoms with van der Waals surface area (Å²) < 4.78 is 0. The molecule has 0 saturated carbocycles. The van der Waals surface area contributed by atoms with Gasteiger partial charge in [0.1, 0.15) is 0 Å². The van der Waals surface area contributed by atoms with Crippen LogP contribution in [0.3, 0.4) is 0 Å². The maximum atomic E-state index is 5.76. The van der Waals surface area contributed by atoms with Gasteiger partial charge in [0.05, 0.1) is 0 Å². The number of hydrogen-bond acceptors (Lipinski definition) is 0. The largest absolute Gasteiger partial charge is 2.00 e. The SMILES string of the molecule is ClCc1ccc(Cl)cc1Cl.[H-].[H-].[Mg+2]. The summed E-state index contributed by atoms with van der Waals surface area (Å²) in [5, 5.41) is 1.27. The summed E-state index contributed by atoms with van der Waals surface area (Å²) in [5.41, 5.74) is 0.910. The second kappa shape index (κ2) is 5.49. The molecular weight excluding hydrogens is 215 g/mol. The second-order valence-corrected chi connectivity index (χ2v) is 2.98. The standard InChI is InChI=1S/C7H5Cl3.Mg.2H/c8-4-5-1-2-6(9)3-7(5)10;;;/h1-3H,4H2;;;/q;+2;2*-1. The van der Waals surface area contributed by atoms with E-state index in [0.717, 1.165) is 5.56 Å². The Balaban J connectivity index is -0.000000333. The van der Waals surface area contributed by atoms with Crippen molar-refractivity contribution in [2.75, 3.05) is 0 Å². The fourth-order valence-corrected chi connectivity index (χ4v) is 1.41. The smallest absolute Gasteiger partial charge is 1.00 e. The normalized spacial score (nSPS) is 9.00. The molecular formula is C7H7Cl3Mg. The summed E-state index contributed by atoms with van der Waals surface area (Å²) in [6, 6.07) is 5.27. The van der Waals surface area contributed by atoms with Gasteiger partial charge in [0.15, 0.2) is 0 Å². The molecule has 0 amide bonds. The summed E-state index contributed by atoms with van der Waals surface area (Å²) in [7, 11) is 0. The Kier molecular flexibility index (Phi) is 5.92. The van der Waals surface area contributed by atoms with Crippen molar-refractivity contribution in [1.29, 1.82) is 0 Å². The average Bonchev–Trinajstić information content (AvgIpc) is 1.88. The molecule has 0 unspecified atom stereocenters. The molecule has 1 aromatic carbocycles. The van der Waals surface area contributed by atoms with E-state index < -0.39 is 0 Å². The van der Waals surface area contributed by atoms with Crippen molar-refractivity contribution < 1.29 is 2.85 Å². The second-order valence-electron chi connectivity index (χ2n) is 1.87. The molecule has 1 rings (SSSR count). The van der Waals surface area contributed by atoms with Gasteiger partial charge in [-0.15, -0.1) is 11.6 Å². The van der Waals surface area contributed by atoms with Crippen molar-refractivity contribution in [3.63, 3.8) is 0 Å². The zero-order valence-corrected chi connectivity index (χ0v) is 9.46. The first-order valence-electron chi connectivity index (χ1n) is 2.74. The Hall–Kier alpha value is 0.856. The number of hydrogen-bond donors (Lipinski definition) is 0. The molecule has 0 aromatic heterocycles. The van der Waals surface area contributed by atoms with E-state index in [0.29, 0.717) is 15.9 Å². The predicted octanol–water partition coefficient (Wildman–Crippen LogP) is 3.58. The number of benzene rings is 1. The molecule has 0 N–H and O–H groups in total. The maximum Gasteiger partial charge on any atom is 2.00 e. The van der Waals surface area contributed by atoms with Gasteiger partial charge < -0.3 is 2.85 Å². The molecule has 0 fully saturated rings. The Morgan fingerprint density at radius 1 is 1.27 bits per heavy atom. The van der Waals surface area contributed by atoms with E-state index in [-0.39, 0.29) is 25.9 Å². The van der Waals surface area contributed by atoms with Crippen LogP contribution in [0.5, 0.6) is 0 Å². The predicted molar refractivity (Wildman–Crippen MR) is 54.0 cm³/mol. The van der Waals surface area contributed by atoms with Crippen LogP contribution in [0.4, 0.5) is 0 Å². The zero-order chi connectivity index (χ0) is 7.56. The Labute approximate surface area is 99.9 Å². The first-order chi connectivity index (χ1) is 4.74. The van der Waals surface area contributed by atoms with E-state index in [1.54, 1.807) is 12.1 Å². The molecule has 58 valence electrons. The number of alkyl halides is 1. The minimum atomic E-state index is 0. The zero-order valence-electron chi connectivity index (χ0n) is 7.78. The third kappa shape index (κ3) is 3.39. The minimum absolute atomic E-state index is 0. The van der Waals surface area contributed by atoms with Gasteiger partial charge in [0.2, 0.25) is 0 Å². The molecule has 0 nitrogen and oxygen atoms in total. The van der Waals surface area contributed by atoms with E-state index in [9.17, 15) is 0 Å². The van der Waals surface area contributed by atoms with E-state index in [1.807, 2.05) is 6.07 Å². The van der Waals surface area contributed by atoms with Gasteiger partial charge in [-0.25, -0.2) is 0 Å². The maximum absolute atomic E-state index is 5.76. The van der Waals surface area contributed by atoms with Crippen molar-refractivity contribution in [2.24, 2.45) is 0 Å². The van der Waals surface area contributed by atoms with Crippen LogP contribution in [0.15, 0.2) is 18.2 Å².